The van der Waals surface area contributed by atoms with Gasteiger partial charge in [-0.2, -0.15) is 0 Å². The summed E-state index contributed by atoms with van der Waals surface area (Å²) in [7, 11) is 1.60. The Bertz CT molecular complexity index is 920. The molecule has 0 saturated carbocycles. The van der Waals surface area contributed by atoms with Gasteiger partial charge in [0.05, 0.1) is 13.2 Å². The monoisotopic (exact) mass is 370 g/mol. The second-order valence-electron chi connectivity index (χ2n) is 6.03. The van der Waals surface area contributed by atoms with Crippen LogP contribution < -0.4 is 10.1 Å². The summed E-state index contributed by atoms with van der Waals surface area (Å²) in [6.07, 6.45) is 0. The number of aromatic carboxylic acids is 1. The van der Waals surface area contributed by atoms with Gasteiger partial charge < -0.3 is 19.7 Å². The Labute approximate surface area is 155 Å². The van der Waals surface area contributed by atoms with E-state index in [-0.39, 0.29) is 23.1 Å². The molecule has 1 heterocycles. The van der Waals surface area contributed by atoms with Crippen LogP contribution in [0.5, 0.6) is 5.75 Å². The number of hydrogen-bond donors (Lipinski definition) is 2. The van der Waals surface area contributed by atoms with Gasteiger partial charge in [-0.05, 0) is 48.9 Å². The number of carbonyl (C=O) groups is 1. The van der Waals surface area contributed by atoms with Gasteiger partial charge in [0.1, 0.15) is 22.8 Å². The van der Waals surface area contributed by atoms with Gasteiger partial charge in [-0.25, -0.2) is 9.18 Å². The molecule has 0 bridgehead atoms. The van der Waals surface area contributed by atoms with Gasteiger partial charge in [0, 0.05) is 12.1 Å². The number of aromatic nitrogens is 1. The zero-order valence-corrected chi connectivity index (χ0v) is 14.9. The molecular formula is C20H19FN2O4. The van der Waals surface area contributed by atoms with Crippen LogP contribution in [-0.4, -0.2) is 23.3 Å². The van der Waals surface area contributed by atoms with Crippen LogP contribution in [0.4, 0.5) is 4.39 Å². The van der Waals surface area contributed by atoms with Crippen molar-refractivity contribution in [3.63, 3.8) is 0 Å². The molecule has 2 N–H and O–H groups in total. The molecular weight excluding hydrogens is 351 g/mol. The fourth-order valence-electron chi connectivity index (χ4n) is 2.72. The largest absolute Gasteiger partial charge is 0.497 e. The first-order chi connectivity index (χ1) is 13.0. The molecule has 0 radical (unpaired) electrons. The first kappa shape index (κ1) is 18.6. The highest BCUT2D eigenvalue weighted by Gasteiger charge is 2.27. The maximum atomic E-state index is 13.1. The van der Waals surface area contributed by atoms with E-state index >= 15 is 0 Å². The quantitative estimate of drug-likeness (QED) is 0.653. The fourth-order valence-corrected chi connectivity index (χ4v) is 2.72. The molecule has 1 aromatic heterocycles. The normalized spacial score (nSPS) is 12.0. The van der Waals surface area contributed by atoms with Gasteiger partial charge in [-0.15, -0.1) is 0 Å². The molecule has 2 aromatic carbocycles. The van der Waals surface area contributed by atoms with E-state index in [1.54, 1.807) is 14.0 Å². The molecule has 0 aliphatic rings. The average Bonchev–Trinajstić information content (AvgIpc) is 3.12. The van der Waals surface area contributed by atoms with Gasteiger partial charge in [0.25, 0.3) is 0 Å². The Morgan fingerprint density at radius 3 is 2.48 bits per heavy atom. The summed E-state index contributed by atoms with van der Waals surface area (Å²) in [5.74, 6) is -0.577. The van der Waals surface area contributed by atoms with Gasteiger partial charge >= 0.3 is 5.97 Å². The SMILES string of the molecule is COc1ccc(CNC(C)c2onc(-c3ccc(F)cc3)c2C(=O)O)cc1. The number of carboxylic acid groups (broad SMARTS) is 1. The lowest BCUT2D eigenvalue weighted by Gasteiger charge is -2.12. The highest BCUT2D eigenvalue weighted by Crippen LogP contribution is 2.29. The summed E-state index contributed by atoms with van der Waals surface area (Å²) in [6.45, 7) is 2.31. The standard InChI is InChI=1S/C20H19FN2O4/c1-12(22-11-13-3-9-16(26-2)10-4-13)19-17(20(24)25)18(23-27-19)14-5-7-15(21)8-6-14/h3-10,12,22H,11H2,1-2H3,(H,24,25). The van der Waals surface area contributed by atoms with Crippen molar-refractivity contribution in [1.29, 1.82) is 0 Å². The van der Waals surface area contributed by atoms with E-state index in [9.17, 15) is 14.3 Å². The lowest BCUT2D eigenvalue weighted by atomic mass is 10.0. The van der Waals surface area contributed by atoms with Crippen LogP contribution in [0.15, 0.2) is 53.1 Å². The molecule has 0 amide bonds. The molecule has 1 unspecified atom stereocenters. The van der Waals surface area contributed by atoms with Crippen molar-refractivity contribution < 1.29 is 23.6 Å². The summed E-state index contributed by atoms with van der Waals surface area (Å²) in [5.41, 5.74) is 1.64. The molecule has 140 valence electrons. The summed E-state index contributed by atoms with van der Waals surface area (Å²) < 4.78 is 23.6. The van der Waals surface area contributed by atoms with Crippen molar-refractivity contribution in [3.05, 3.63) is 71.2 Å². The van der Waals surface area contributed by atoms with E-state index in [1.165, 1.54) is 24.3 Å². The molecule has 3 aromatic rings. The van der Waals surface area contributed by atoms with E-state index < -0.39 is 11.8 Å². The van der Waals surface area contributed by atoms with Crippen LogP contribution >= 0.6 is 0 Å². The maximum Gasteiger partial charge on any atom is 0.341 e. The van der Waals surface area contributed by atoms with E-state index in [0.29, 0.717) is 12.1 Å². The minimum Gasteiger partial charge on any atom is -0.497 e. The molecule has 0 spiro atoms. The van der Waals surface area contributed by atoms with Gasteiger partial charge in [-0.1, -0.05) is 17.3 Å². The van der Waals surface area contributed by atoms with E-state index in [1.807, 2.05) is 24.3 Å². The lowest BCUT2D eigenvalue weighted by molar-refractivity contribution is 0.0694. The van der Waals surface area contributed by atoms with Crippen molar-refractivity contribution in [3.8, 4) is 17.0 Å². The van der Waals surface area contributed by atoms with Crippen LogP contribution in [0, 0.1) is 5.82 Å². The minimum absolute atomic E-state index is 0.0312. The smallest absolute Gasteiger partial charge is 0.341 e. The Balaban J connectivity index is 1.80. The van der Waals surface area contributed by atoms with Crippen LogP contribution in [0.25, 0.3) is 11.3 Å². The number of benzene rings is 2. The number of methoxy groups -OCH3 is 1. The van der Waals surface area contributed by atoms with Crippen LogP contribution in [0.3, 0.4) is 0 Å². The number of nitrogens with zero attached hydrogens (tertiary/aromatic N) is 1. The molecule has 3 rings (SSSR count). The highest BCUT2D eigenvalue weighted by atomic mass is 19.1. The Morgan fingerprint density at radius 1 is 1.22 bits per heavy atom. The van der Waals surface area contributed by atoms with E-state index in [0.717, 1.165) is 11.3 Å². The zero-order chi connectivity index (χ0) is 19.4. The number of carboxylic acids is 1. The summed E-state index contributed by atoms with van der Waals surface area (Å²) in [6, 6.07) is 12.6. The van der Waals surface area contributed by atoms with Gasteiger partial charge in [0.2, 0.25) is 0 Å². The summed E-state index contributed by atoms with van der Waals surface area (Å²) in [5, 5.41) is 16.8. The minimum atomic E-state index is -1.15. The van der Waals surface area contributed by atoms with Gasteiger partial charge in [0.15, 0.2) is 5.76 Å². The average molecular weight is 370 g/mol. The molecule has 27 heavy (non-hydrogen) atoms. The highest BCUT2D eigenvalue weighted by molar-refractivity contribution is 5.95. The van der Waals surface area contributed by atoms with Crippen molar-refractivity contribution in [2.24, 2.45) is 0 Å². The van der Waals surface area contributed by atoms with Crippen molar-refractivity contribution in [2.45, 2.75) is 19.5 Å². The molecule has 0 aliphatic heterocycles. The topological polar surface area (TPSA) is 84.6 Å². The van der Waals surface area contributed by atoms with Crippen molar-refractivity contribution >= 4 is 5.97 Å². The third-order valence-electron chi connectivity index (χ3n) is 4.21. The molecule has 0 aliphatic carbocycles. The number of ether oxygens (including phenoxy) is 1. The Hall–Kier alpha value is -3.19. The van der Waals surface area contributed by atoms with Crippen LogP contribution in [0.2, 0.25) is 0 Å². The van der Waals surface area contributed by atoms with Crippen LogP contribution in [0.1, 0.15) is 34.6 Å². The first-order valence-corrected chi connectivity index (χ1v) is 8.34. The maximum absolute atomic E-state index is 13.1. The summed E-state index contributed by atoms with van der Waals surface area (Å²) >= 11 is 0. The number of rotatable bonds is 7. The van der Waals surface area contributed by atoms with Crippen molar-refractivity contribution in [2.75, 3.05) is 7.11 Å². The third kappa shape index (κ3) is 4.15. The number of halogens is 1. The number of nitrogens with one attached hydrogen (secondary N) is 1. The molecule has 0 saturated heterocycles. The van der Waals surface area contributed by atoms with Crippen molar-refractivity contribution in [1.82, 2.24) is 10.5 Å². The van der Waals surface area contributed by atoms with Crippen LogP contribution in [-0.2, 0) is 6.54 Å². The predicted octanol–water partition coefficient (Wildman–Crippen LogP) is 4.04. The zero-order valence-electron chi connectivity index (χ0n) is 14.9. The fraction of sp³-hybridized carbons (Fsp3) is 0.200. The molecule has 0 fully saturated rings. The van der Waals surface area contributed by atoms with E-state index in [2.05, 4.69) is 10.5 Å². The van der Waals surface area contributed by atoms with E-state index in [4.69, 9.17) is 9.26 Å². The molecule has 6 nitrogen and oxygen atoms in total. The van der Waals surface area contributed by atoms with Gasteiger partial charge in [-0.3, -0.25) is 0 Å². The summed E-state index contributed by atoms with van der Waals surface area (Å²) in [4.78, 5) is 11.8. The second kappa shape index (κ2) is 8.01. The first-order valence-electron chi connectivity index (χ1n) is 8.34. The third-order valence-corrected chi connectivity index (χ3v) is 4.21. The second-order valence-corrected chi connectivity index (χ2v) is 6.03. The predicted molar refractivity (Wildman–Crippen MR) is 97.1 cm³/mol. The molecule has 7 heteroatoms. The Kier molecular flexibility index (Phi) is 5.52. The molecule has 1 atom stereocenters. The number of hydrogen-bond acceptors (Lipinski definition) is 5. The lowest BCUT2D eigenvalue weighted by Crippen LogP contribution is -2.19. The Morgan fingerprint density at radius 2 is 1.89 bits per heavy atom.